The number of carbonyl (C=O) groups is 1. The summed E-state index contributed by atoms with van der Waals surface area (Å²) in [6, 6.07) is 3.65. The maximum absolute atomic E-state index is 11.8. The van der Waals surface area contributed by atoms with Crippen LogP contribution in [0.1, 0.15) is 22.6 Å². The Hall–Kier alpha value is -2.24. The van der Waals surface area contributed by atoms with E-state index in [0.29, 0.717) is 18.2 Å². The van der Waals surface area contributed by atoms with Gasteiger partial charge in [-0.15, -0.1) is 0 Å². The average molecular weight is 247 g/mol. The van der Waals surface area contributed by atoms with E-state index in [-0.39, 0.29) is 5.91 Å². The Labute approximate surface area is 105 Å². The maximum Gasteiger partial charge on any atom is 0.267 e. The van der Waals surface area contributed by atoms with E-state index in [2.05, 4.69) is 15.3 Å². The van der Waals surface area contributed by atoms with Crippen molar-refractivity contribution < 1.29 is 4.79 Å². The van der Waals surface area contributed by atoms with Gasteiger partial charge in [-0.2, -0.15) is 0 Å². The summed E-state index contributed by atoms with van der Waals surface area (Å²) in [7, 11) is 1.85. The number of anilines is 1. The number of amides is 1. The molecule has 0 aliphatic heterocycles. The van der Waals surface area contributed by atoms with Crippen LogP contribution >= 0.6 is 0 Å². The third kappa shape index (κ3) is 2.91. The number of aryl methyl sites for hydroxylation is 2. The molecule has 6 heteroatoms. The molecule has 1 amide bonds. The SMILES string of the molecule is Cn1cccc1C(=O)NCCCc1cnc(N)[nH]1. The number of hydrogen-bond donors (Lipinski definition) is 3. The number of rotatable bonds is 5. The molecule has 0 unspecified atom stereocenters. The molecule has 0 aliphatic carbocycles. The molecule has 0 fully saturated rings. The molecule has 6 nitrogen and oxygen atoms in total. The second-order valence-corrected chi connectivity index (χ2v) is 4.16. The molecule has 96 valence electrons. The van der Waals surface area contributed by atoms with Crippen LogP contribution in [-0.4, -0.2) is 27.0 Å². The Balaban J connectivity index is 1.73. The van der Waals surface area contributed by atoms with Crippen LogP contribution in [0.2, 0.25) is 0 Å². The molecule has 0 saturated carbocycles. The molecule has 0 spiro atoms. The van der Waals surface area contributed by atoms with Gasteiger partial charge in [-0.05, 0) is 25.0 Å². The first kappa shape index (κ1) is 12.2. The van der Waals surface area contributed by atoms with E-state index < -0.39 is 0 Å². The molecule has 0 aromatic carbocycles. The number of aromatic amines is 1. The molecule has 0 radical (unpaired) electrons. The third-order valence-corrected chi connectivity index (χ3v) is 2.73. The second-order valence-electron chi connectivity index (χ2n) is 4.16. The van der Waals surface area contributed by atoms with Crippen LogP contribution in [0.25, 0.3) is 0 Å². The number of aromatic nitrogens is 3. The van der Waals surface area contributed by atoms with E-state index in [9.17, 15) is 4.79 Å². The Kier molecular flexibility index (Phi) is 3.66. The minimum absolute atomic E-state index is 0.0494. The van der Waals surface area contributed by atoms with Crippen molar-refractivity contribution in [3.63, 3.8) is 0 Å². The van der Waals surface area contributed by atoms with Crippen molar-refractivity contribution in [1.82, 2.24) is 19.9 Å². The van der Waals surface area contributed by atoms with Crippen LogP contribution in [0.5, 0.6) is 0 Å². The fourth-order valence-electron chi connectivity index (χ4n) is 1.77. The highest BCUT2D eigenvalue weighted by Gasteiger charge is 2.07. The molecule has 0 bridgehead atoms. The summed E-state index contributed by atoms with van der Waals surface area (Å²) in [6.45, 7) is 0.628. The monoisotopic (exact) mass is 247 g/mol. The predicted molar refractivity (Wildman–Crippen MR) is 69.1 cm³/mol. The zero-order valence-corrected chi connectivity index (χ0v) is 10.3. The molecule has 0 saturated heterocycles. The molecule has 18 heavy (non-hydrogen) atoms. The van der Waals surface area contributed by atoms with Gasteiger partial charge in [-0.25, -0.2) is 4.98 Å². The van der Waals surface area contributed by atoms with Crippen molar-refractivity contribution in [3.05, 3.63) is 35.9 Å². The third-order valence-electron chi connectivity index (χ3n) is 2.73. The van der Waals surface area contributed by atoms with Crippen molar-refractivity contribution in [2.45, 2.75) is 12.8 Å². The lowest BCUT2D eigenvalue weighted by Gasteiger charge is -2.05. The van der Waals surface area contributed by atoms with Gasteiger partial charge in [0.25, 0.3) is 5.91 Å². The van der Waals surface area contributed by atoms with Gasteiger partial charge in [-0.3, -0.25) is 4.79 Å². The molecule has 0 atom stereocenters. The zero-order chi connectivity index (χ0) is 13.0. The lowest BCUT2D eigenvalue weighted by molar-refractivity contribution is 0.0945. The molecular weight excluding hydrogens is 230 g/mol. The van der Waals surface area contributed by atoms with Crippen molar-refractivity contribution in [3.8, 4) is 0 Å². The maximum atomic E-state index is 11.8. The number of nitrogens with one attached hydrogen (secondary N) is 2. The Bertz CT molecular complexity index is 528. The van der Waals surface area contributed by atoms with Gasteiger partial charge >= 0.3 is 0 Å². The number of nitrogens with two attached hydrogens (primary N) is 1. The van der Waals surface area contributed by atoms with E-state index in [1.807, 2.05) is 19.3 Å². The Morgan fingerprint density at radius 3 is 3.06 bits per heavy atom. The Morgan fingerprint density at radius 1 is 1.61 bits per heavy atom. The largest absolute Gasteiger partial charge is 0.369 e. The van der Waals surface area contributed by atoms with Crippen LogP contribution < -0.4 is 11.1 Å². The second kappa shape index (κ2) is 5.39. The highest BCUT2D eigenvalue weighted by Crippen LogP contribution is 2.02. The fraction of sp³-hybridized carbons (Fsp3) is 0.333. The van der Waals surface area contributed by atoms with Gasteiger partial charge in [-0.1, -0.05) is 0 Å². The molecule has 2 heterocycles. The van der Waals surface area contributed by atoms with Crippen LogP contribution in [0.4, 0.5) is 5.95 Å². The molecule has 2 aromatic rings. The topological polar surface area (TPSA) is 88.7 Å². The van der Waals surface area contributed by atoms with E-state index in [1.54, 1.807) is 16.8 Å². The lowest BCUT2D eigenvalue weighted by Crippen LogP contribution is -2.26. The highest BCUT2D eigenvalue weighted by molar-refractivity contribution is 5.92. The summed E-state index contributed by atoms with van der Waals surface area (Å²) in [5.74, 6) is 0.379. The van der Waals surface area contributed by atoms with E-state index in [0.717, 1.165) is 18.5 Å². The number of imidazole rings is 1. The molecule has 4 N–H and O–H groups in total. The normalized spacial score (nSPS) is 10.5. The van der Waals surface area contributed by atoms with Gasteiger partial charge in [0.2, 0.25) is 0 Å². The average Bonchev–Trinajstić information content (AvgIpc) is 2.93. The quantitative estimate of drug-likeness (QED) is 0.679. The van der Waals surface area contributed by atoms with Crippen LogP contribution in [0.3, 0.4) is 0 Å². The van der Waals surface area contributed by atoms with E-state index >= 15 is 0 Å². The number of H-pyrrole nitrogens is 1. The minimum Gasteiger partial charge on any atom is -0.369 e. The summed E-state index contributed by atoms with van der Waals surface area (Å²) in [6.07, 6.45) is 5.23. The minimum atomic E-state index is -0.0494. The number of nitrogens with zero attached hydrogens (tertiary/aromatic N) is 2. The van der Waals surface area contributed by atoms with Gasteiger partial charge in [0, 0.05) is 25.5 Å². The van der Waals surface area contributed by atoms with Crippen molar-refractivity contribution in [2.24, 2.45) is 7.05 Å². The summed E-state index contributed by atoms with van der Waals surface area (Å²) in [5, 5.41) is 2.88. The van der Waals surface area contributed by atoms with E-state index in [4.69, 9.17) is 5.73 Å². The van der Waals surface area contributed by atoms with Gasteiger partial charge in [0.05, 0.1) is 6.20 Å². The fourth-order valence-corrected chi connectivity index (χ4v) is 1.77. The number of hydrogen-bond acceptors (Lipinski definition) is 3. The summed E-state index contributed by atoms with van der Waals surface area (Å²) in [4.78, 5) is 18.6. The van der Waals surface area contributed by atoms with Gasteiger partial charge in [0.1, 0.15) is 5.69 Å². The molecule has 0 aliphatic rings. The number of carbonyl (C=O) groups excluding carboxylic acids is 1. The van der Waals surface area contributed by atoms with E-state index in [1.165, 1.54) is 0 Å². The van der Waals surface area contributed by atoms with Crippen molar-refractivity contribution in [2.75, 3.05) is 12.3 Å². The standard InChI is InChI=1S/C12H17N5O/c1-17-7-3-5-10(17)11(18)14-6-2-4-9-8-15-12(13)16-9/h3,5,7-8H,2,4,6H2,1H3,(H,14,18)(H3,13,15,16). The Morgan fingerprint density at radius 2 is 2.44 bits per heavy atom. The first-order chi connectivity index (χ1) is 8.66. The van der Waals surface area contributed by atoms with Gasteiger partial charge in [0.15, 0.2) is 5.95 Å². The first-order valence-corrected chi connectivity index (χ1v) is 5.85. The van der Waals surface area contributed by atoms with Crippen molar-refractivity contribution >= 4 is 11.9 Å². The highest BCUT2D eigenvalue weighted by atomic mass is 16.1. The van der Waals surface area contributed by atoms with Crippen molar-refractivity contribution in [1.29, 1.82) is 0 Å². The van der Waals surface area contributed by atoms with Crippen LogP contribution in [0, 0.1) is 0 Å². The molecular formula is C12H17N5O. The smallest absolute Gasteiger partial charge is 0.267 e. The zero-order valence-electron chi connectivity index (χ0n) is 10.3. The summed E-state index contributed by atoms with van der Waals surface area (Å²) < 4.78 is 1.80. The lowest BCUT2D eigenvalue weighted by atomic mass is 10.2. The van der Waals surface area contributed by atoms with Crippen LogP contribution in [0.15, 0.2) is 24.5 Å². The number of nitrogen functional groups attached to an aromatic ring is 1. The molecule has 2 aromatic heterocycles. The summed E-state index contributed by atoms with van der Waals surface area (Å²) in [5.41, 5.74) is 7.13. The molecule has 2 rings (SSSR count). The predicted octanol–water partition coefficient (Wildman–Crippen LogP) is 0.693. The first-order valence-electron chi connectivity index (χ1n) is 5.85. The van der Waals surface area contributed by atoms with Crippen LogP contribution in [-0.2, 0) is 13.5 Å². The summed E-state index contributed by atoms with van der Waals surface area (Å²) >= 11 is 0. The van der Waals surface area contributed by atoms with Gasteiger partial charge < -0.3 is 20.6 Å².